The fraction of sp³-hybridized carbons (Fsp3) is 0.0500. The summed E-state index contributed by atoms with van der Waals surface area (Å²) in [6.45, 7) is 0. The van der Waals surface area contributed by atoms with Crippen molar-refractivity contribution in [1.82, 2.24) is 9.97 Å². The molecule has 0 saturated carbocycles. The molecule has 2 aromatic heterocycles. The summed E-state index contributed by atoms with van der Waals surface area (Å²) in [4.78, 5) is 7.80. The van der Waals surface area contributed by atoms with Crippen molar-refractivity contribution in [2.24, 2.45) is 0 Å². The highest BCUT2D eigenvalue weighted by atomic mass is 32.2. The smallest absolute Gasteiger partial charge is 0.270 e. The number of nitrogens with zero attached hydrogens (tertiary/aromatic N) is 4. The molecule has 2 aromatic carbocycles. The van der Waals surface area contributed by atoms with Crippen LogP contribution in [0.15, 0.2) is 65.3 Å². The Morgan fingerprint density at radius 2 is 2.03 bits per heavy atom. The quantitative estimate of drug-likeness (QED) is 0.461. The number of nitriles is 1. The van der Waals surface area contributed by atoms with Crippen LogP contribution in [0.3, 0.4) is 0 Å². The predicted molar refractivity (Wildman–Crippen MR) is 111 cm³/mol. The fourth-order valence-electron chi connectivity index (χ4n) is 2.94. The Bertz CT molecular complexity index is 1380. The molecule has 4 aromatic rings. The standard InChI is InChI=1S/C20H13FN4O3S2/c1-28-19-8-13(10-22)2-5-18(19)25(20-24-6-7-29-20)30(26,27)15-4-3-14-11-23-12-17(21)16(14)9-15/h2-9,11-12H,1H3. The molecule has 0 spiro atoms. The summed E-state index contributed by atoms with van der Waals surface area (Å²) in [6, 6.07) is 10.5. The minimum Gasteiger partial charge on any atom is -0.494 e. The molecule has 0 saturated heterocycles. The van der Waals surface area contributed by atoms with Crippen LogP contribution in [0, 0.1) is 17.1 Å². The van der Waals surface area contributed by atoms with Crippen LogP contribution in [0.4, 0.5) is 15.2 Å². The SMILES string of the molecule is COc1cc(C#N)ccc1N(c1nccs1)S(=O)(=O)c1ccc2cncc(F)c2c1. The van der Waals surface area contributed by atoms with Crippen LogP contribution in [-0.4, -0.2) is 25.5 Å². The molecule has 30 heavy (non-hydrogen) atoms. The summed E-state index contributed by atoms with van der Waals surface area (Å²) in [7, 11) is -2.83. The lowest BCUT2D eigenvalue weighted by atomic mass is 10.2. The molecule has 0 aliphatic heterocycles. The number of aromatic nitrogens is 2. The number of methoxy groups -OCH3 is 1. The van der Waals surface area contributed by atoms with Crippen LogP contribution >= 0.6 is 11.3 Å². The van der Waals surface area contributed by atoms with Gasteiger partial charge in [-0.05, 0) is 24.3 Å². The van der Waals surface area contributed by atoms with Gasteiger partial charge in [-0.25, -0.2) is 22.1 Å². The van der Waals surface area contributed by atoms with Crippen molar-refractivity contribution in [2.45, 2.75) is 4.90 Å². The number of benzene rings is 2. The topological polar surface area (TPSA) is 96.2 Å². The number of anilines is 2. The third-order valence-electron chi connectivity index (χ3n) is 4.34. The van der Waals surface area contributed by atoms with Crippen LogP contribution in [0.1, 0.15) is 5.56 Å². The molecular formula is C20H13FN4O3S2. The number of rotatable bonds is 5. The molecule has 0 N–H and O–H groups in total. The predicted octanol–water partition coefficient (Wildman–Crippen LogP) is 4.24. The number of hydrogen-bond donors (Lipinski definition) is 0. The lowest BCUT2D eigenvalue weighted by Crippen LogP contribution is -2.26. The van der Waals surface area contributed by atoms with E-state index >= 15 is 0 Å². The van der Waals surface area contributed by atoms with Gasteiger partial charge in [0.05, 0.1) is 29.8 Å². The maximum atomic E-state index is 14.2. The van der Waals surface area contributed by atoms with Gasteiger partial charge in [0.2, 0.25) is 5.13 Å². The molecule has 0 aliphatic rings. The summed E-state index contributed by atoms with van der Waals surface area (Å²) in [5.74, 6) is -0.440. The second-order valence-corrected chi connectivity index (χ2v) is 8.75. The Morgan fingerprint density at radius 1 is 1.20 bits per heavy atom. The Kier molecular flexibility index (Phi) is 5.07. The van der Waals surface area contributed by atoms with E-state index in [1.807, 2.05) is 6.07 Å². The van der Waals surface area contributed by atoms with E-state index in [1.165, 1.54) is 55.9 Å². The normalized spacial score (nSPS) is 11.2. The van der Waals surface area contributed by atoms with E-state index in [0.717, 1.165) is 21.8 Å². The van der Waals surface area contributed by atoms with Gasteiger partial charge in [-0.1, -0.05) is 6.07 Å². The zero-order valence-corrected chi connectivity index (χ0v) is 17.1. The molecule has 0 aliphatic carbocycles. The maximum Gasteiger partial charge on any atom is 0.270 e. The molecule has 7 nitrogen and oxygen atoms in total. The Hall–Kier alpha value is -3.55. The minimum atomic E-state index is -4.21. The van der Waals surface area contributed by atoms with Crippen LogP contribution in [0.5, 0.6) is 5.75 Å². The highest BCUT2D eigenvalue weighted by Crippen LogP contribution is 2.40. The first kappa shape index (κ1) is 19.8. The van der Waals surface area contributed by atoms with E-state index in [0.29, 0.717) is 10.9 Å². The van der Waals surface area contributed by atoms with Gasteiger partial charge in [0, 0.05) is 34.6 Å². The largest absolute Gasteiger partial charge is 0.494 e. The number of fused-ring (bicyclic) bond motifs is 1. The second kappa shape index (κ2) is 7.70. The lowest BCUT2D eigenvalue weighted by molar-refractivity contribution is 0.416. The van der Waals surface area contributed by atoms with Crippen LogP contribution in [-0.2, 0) is 10.0 Å². The van der Waals surface area contributed by atoms with Gasteiger partial charge in [0.15, 0.2) is 0 Å². The fourth-order valence-corrected chi connectivity index (χ4v) is 5.30. The third-order valence-corrected chi connectivity index (χ3v) is 6.91. The van der Waals surface area contributed by atoms with Crippen LogP contribution < -0.4 is 9.04 Å². The molecule has 10 heteroatoms. The molecule has 0 atom stereocenters. The van der Waals surface area contributed by atoms with Crippen molar-refractivity contribution in [3.63, 3.8) is 0 Å². The van der Waals surface area contributed by atoms with Crippen molar-refractivity contribution in [3.05, 3.63) is 71.7 Å². The number of hydrogen-bond acceptors (Lipinski definition) is 7. The number of sulfonamides is 1. The van der Waals surface area contributed by atoms with Crippen molar-refractivity contribution in [2.75, 3.05) is 11.4 Å². The summed E-state index contributed by atoms with van der Waals surface area (Å²) in [6.07, 6.45) is 3.96. The Morgan fingerprint density at radius 3 is 2.73 bits per heavy atom. The first-order valence-electron chi connectivity index (χ1n) is 8.52. The maximum absolute atomic E-state index is 14.2. The van der Waals surface area contributed by atoms with Gasteiger partial charge in [-0.3, -0.25) is 4.98 Å². The van der Waals surface area contributed by atoms with Crippen LogP contribution in [0.2, 0.25) is 0 Å². The van der Waals surface area contributed by atoms with Gasteiger partial charge in [-0.15, -0.1) is 11.3 Å². The Balaban J connectivity index is 1.95. The van der Waals surface area contributed by atoms with E-state index in [9.17, 15) is 12.8 Å². The first-order chi connectivity index (χ1) is 14.5. The molecule has 0 amide bonds. The average molecular weight is 440 g/mol. The molecule has 0 radical (unpaired) electrons. The molecule has 0 unspecified atom stereocenters. The number of halogens is 1. The van der Waals surface area contributed by atoms with E-state index in [-0.39, 0.29) is 26.9 Å². The second-order valence-electron chi connectivity index (χ2n) is 6.09. The summed E-state index contributed by atoms with van der Waals surface area (Å²) in [5, 5.41) is 11.6. The van der Waals surface area contributed by atoms with Crippen molar-refractivity contribution in [3.8, 4) is 11.8 Å². The number of thiazole rings is 1. The van der Waals surface area contributed by atoms with E-state index in [2.05, 4.69) is 9.97 Å². The molecule has 4 rings (SSSR count). The van der Waals surface area contributed by atoms with E-state index < -0.39 is 15.8 Å². The third kappa shape index (κ3) is 3.34. The molecule has 150 valence electrons. The molecule has 0 fully saturated rings. The van der Waals surface area contributed by atoms with Gasteiger partial charge in [0.1, 0.15) is 17.3 Å². The first-order valence-corrected chi connectivity index (χ1v) is 10.8. The summed E-state index contributed by atoms with van der Waals surface area (Å²) in [5.41, 5.74) is 0.495. The van der Waals surface area contributed by atoms with Crippen molar-refractivity contribution < 1.29 is 17.5 Å². The van der Waals surface area contributed by atoms with E-state index in [1.54, 1.807) is 5.38 Å². The van der Waals surface area contributed by atoms with Crippen LogP contribution in [0.25, 0.3) is 10.8 Å². The average Bonchev–Trinajstić information content (AvgIpc) is 3.28. The number of ether oxygens (including phenoxy) is 1. The van der Waals surface area contributed by atoms with Crippen molar-refractivity contribution in [1.29, 1.82) is 5.26 Å². The van der Waals surface area contributed by atoms with Crippen molar-refractivity contribution >= 4 is 43.0 Å². The van der Waals surface area contributed by atoms with Gasteiger partial charge in [-0.2, -0.15) is 5.26 Å². The lowest BCUT2D eigenvalue weighted by Gasteiger charge is -2.24. The zero-order chi connectivity index (χ0) is 21.3. The minimum absolute atomic E-state index is 0.123. The summed E-state index contributed by atoms with van der Waals surface area (Å²) < 4.78 is 47.9. The highest BCUT2D eigenvalue weighted by Gasteiger charge is 2.31. The van der Waals surface area contributed by atoms with Gasteiger partial charge in [0.25, 0.3) is 10.0 Å². The monoisotopic (exact) mass is 440 g/mol. The zero-order valence-electron chi connectivity index (χ0n) is 15.5. The van der Waals surface area contributed by atoms with Gasteiger partial charge < -0.3 is 4.74 Å². The number of pyridine rings is 1. The molecule has 2 heterocycles. The highest BCUT2D eigenvalue weighted by molar-refractivity contribution is 7.93. The molecular weight excluding hydrogens is 427 g/mol. The van der Waals surface area contributed by atoms with Gasteiger partial charge >= 0.3 is 0 Å². The van der Waals surface area contributed by atoms with E-state index in [4.69, 9.17) is 10.00 Å². The Labute approximate surface area is 175 Å². The summed E-state index contributed by atoms with van der Waals surface area (Å²) >= 11 is 1.11. The molecule has 0 bridgehead atoms.